The summed E-state index contributed by atoms with van der Waals surface area (Å²) in [6.07, 6.45) is 0. The number of aromatic nitrogens is 1. The van der Waals surface area contributed by atoms with Gasteiger partial charge < -0.3 is 14.6 Å². The van der Waals surface area contributed by atoms with E-state index in [0.29, 0.717) is 22.8 Å². The third-order valence-corrected chi connectivity index (χ3v) is 6.84. The van der Waals surface area contributed by atoms with Gasteiger partial charge in [-0.15, -0.1) is 22.7 Å². The minimum absolute atomic E-state index is 0.226. The molecule has 0 aliphatic rings. The maximum Gasteiger partial charge on any atom is 0.341 e. The van der Waals surface area contributed by atoms with Gasteiger partial charge >= 0.3 is 5.97 Å². The van der Waals surface area contributed by atoms with Crippen molar-refractivity contribution in [3.63, 3.8) is 0 Å². The van der Waals surface area contributed by atoms with Gasteiger partial charge in [-0.2, -0.15) is 0 Å². The number of aryl methyl sites for hydroxylation is 2. The van der Waals surface area contributed by atoms with Crippen molar-refractivity contribution in [3.8, 4) is 10.4 Å². The van der Waals surface area contributed by atoms with Crippen LogP contribution in [-0.2, 0) is 11.3 Å². The number of fused-ring (bicyclic) bond motifs is 1. The van der Waals surface area contributed by atoms with Crippen molar-refractivity contribution >= 4 is 50.5 Å². The van der Waals surface area contributed by atoms with Crippen LogP contribution in [0, 0.1) is 6.92 Å². The van der Waals surface area contributed by atoms with E-state index < -0.39 is 5.97 Å². The average molecular weight is 439 g/mol. The molecule has 0 spiro atoms. The van der Waals surface area contributed by atoms with Crippen LogP contribution in [0.3, 0.4) is 0 Å². The summed E-state index contributed by atoms with van der Waals surface area (Å²) < 4.78 is 7.30. The number of amides is 1. The molecule has 4 aromatic rings. The van der Waals surface area contributed by atoms with E-state index in [0.717, 1.165) is 26.9 Å². The van der Waals surface area contributed by atoms with E-state index in [4.69, 9.17) is 4.74 Å². The van der Waals surface area contributed by atoms with Gasteiger partial charge in [-0.05, 0) is 43.8 Å². The first-order valence-corrected chi connectivity index (χ1v) is 11.5. The summed E-state index contributed by atoms with van der Waals surface area (Å²) >= 11 is 2.89. The van der Waals surface area contributed by atoms with Crippen LogP contribution in [0.5, 0.6) is 0 Å². The number of benzene rings is 1. The van der Waals surface area contributed by atoms with Gasteiger partial charge in [0.05, 0.1) is 6.61 Å². The number of rotatable bonds is 6. The molecule has 5 nitrogen and oxygen atoms in total. The molecule has 30 heavy (non-hydrogen) atoms. The number of hydrogen-bond acceptors (Lipinski definition) is 5. The number of ether oxygens (including phenoxy) is 1. The lowest BCUT2D eigenvalue weighted by atomic mass is 10.1. The molecule has 3 heterocycles. The van der Waals surface area contributed by atoms with E-state index in [2.05, 4.69) is 5.32 Å². The molecule has 0 saturated carbocycles. The fourth-order valence-corrected chi connectivity index (χ4v) is 5.50. The van der Waals surface area contributed by atoms with Crippen LogP contribution in [-0.4, -0.2) is 23.1 Å². The summed E-state index contributed by atoms with van der Waals surface area (Å²) in [6, 6.07) is 11.9. The van der Waals surface area contributed by atoms with Gasteiger partial charge in [0.25, 0.3) is 5.91 Å². The predicted octanol–water partition coefficient (Wildman–Crippen LogP) is 6.19. The molecule has 7 heteroatoms. The summed E-state index contributed by atoms with van der Waals surface area (Å²) in [4.78, 5) is 27.0. The highest BCUT2D eigenvalue weighted by atomic mass is 32.1. The van der Waals surface area contributed by atoms with Crippen LogP contribution in [0.4, 0.5) is 5.00 Å². The topological polar surface area (TPSA) is 60.3 Å². The van der Waals surface area contributed by atoms with Gasteiger partial charge in [0.2, 0.25) is 0 Å². The van der Waals surface area contributed by atoms with Gasteiger partial charge in [0.15, 0.2) is 0 Å². The van der Waals surface area contributed by atoms with Crippen molar-refractivity contribution in [2.75, 3.05) is 11.9 Å². The zero-order valence-corrected chi connectivity index (χ0v) is 18.7. The highest BCUT2D eigenvalue weighted by molar-refractivity contribution is 7.17. The van der Waals surface area contributed by atoms with E-state index in [1.165, 1.54) is 11.3 Å². The zero-order chi connectivity index (χ0) is 21.3. The fourth-order valence-electron chi connectivity index (χ4n) is 3.73. The first-order valence-electron chi connectivity index (χ1n) is 9.78. The number of anilines is 1. The lowest BCUT2D eigenvalue weighted by molar-refractivity contribution is 0.0529. The second-order valence-electron chi connectivity index (χ2n) is 6.74. The molecule has 0 fully saturated rings. The van der Waals surface area contributed by atoms with Gasteiger partial charge in [0, 0.05) is 33.3 Å². The standard InChI is InChI=1S/C23H22N2O3S2/c1-4-25-17-10-7-6-9-15(17)14(3)20(25)21(26)24-22-19(23(27)28-5-2)16(13-30-22)18-11-8-12-29-18/h6-13H,4-5H2,1-3H3,(H,24,26). The maximum atomic E-state index is 13.3. The number of carbonyl (C=O) groups is 2. The van der Waals surface area contributed by atoms with Crippen LogP contribution in [0.1, 0.15) is 40.3 Å². The van der Waals surface area contributed by atoms with Crippen LogP contribution in [0.2, 0.25) is 0 Å². The second kappa shape index (κ2) is 8.45. The summed E-state index contributed by atoms with van der Waals surface area (Å²) in [6.45, 7) is 6.70. The normalized spacial score (nSPS) is 11.0. The Labute approximate surface area is 182 Å². The van der Waals surface area contributed by atoms with Crippen molar-refractivity contribution in [1.82, 2.24) is 4.57 Å². The largest absolute Gasteiger partial charge is 0.462 e. The smallest absolute Gasteiger partial charge is 0.341 e. The van der Waals surface area contributed by atoms with Crippen LogP contribution < -0.4 is 5.32 Å². The minimum atomic E-state index is -0.426. The molecule has 154 valence electrons. The Morgan fingerprint density at radius 3 is 2.60 bits per heavy atom. The number of para-hydroxylation sites is 1. The van der Waals surface area contributed by atoms with Crippen molar-refractivity contribution < 1.29 is 14.3 Å². The minimum Gasteiger partial charge on any atom is -0.462 e. The van der Waals surface area contributed by atoms with E-state index in [9.17, 15) is 9.59 Å². The molecule has 0 radical (unpaired) electrons. The Kier molecular flexibility index (Phi) is 5.74. The molecule has 0 atom stereocenters. The van der Waals surface area contributed by atoms with Crippen molar-refractivity contribution in [2.24, 2.45) is 0 Å². The monoisotopic (exact) mass is 438 g/mol. The molecule has 0 bridgehead atoms. The lowest BCUT2D eigenvalue weighted by Gasteiger charge is -2.11. The van der Waals surface area contributed by atoms with Gasteiger partial charge in [-0.3, -0.25) is 4.79 Å². The third-order valence-electron chi connectivity index (χ3n) is 5.04. The first-order chi connectivity index (χ1) is 14.6. The highest BCUT2D eigenvalue weighted by Gasteiger charge is 2.26. The van der Waals surface area contributed by atoms with E-state index >= 15 is 0 Å². The molecule has 0 aliphatic heterocycles. The van der Waals surface area contributed by atoms with Crippen LogP contribution in [0.15, 0.2) is 47.2 Å². The Balaban J connectivity index is 1.77. The molecule has 4 rings (SSSR count). The van der Waals surface area contributed by atoms with Crippen LogP contribution in [0.25, 0.3) is 21.3 Å². The Bertz CT molecular complexity index is 1220. The Morgan fingerprint density at radius 2 is 1.90 bits per heavy atom. The molecule has 0 unspecified atom stereocenters. The zero-order valence-electron chi connectivity index (χ0n) is 17.0. The van der Waals surface area contributed by atoms with Gasteiger partial charge in [-0.1, -0.05) is 24.3 Å². The van der Waals surface area contributed by atoms with E-state index in [1.807, 2.05) is 65.6 Å². The maximum absolute atomic E-state index is 13.3. The summed E-state index contributed by atoms with van der Waals surface area (Å²) in [5.74, 6) is -0.652. The summed E-state index contributed by atoms with van der Waals surface area (Å²) in [5, 5.41) is 8.41. The first kappa shape index (κ1) is 20.4. The predicted molar refractivity (Wildman–Crippen MR) is 124 cm³/mol. The summed E-state index contributed by atoms with van der Waals surface area (Å²) in [7, 11) is 0. The molecule has 3 aromatic heterocycles. The molecule has 0 saturated heterocycles. The summed E-state index contributed by atoms with van der Waals surface area (Å²) in [5.41, 5.74) is 3.77. The number of carbonyl (C=O) groups excluding carboxylic acids is 2. The van der Waals surface area contributed by atoms with Crippen molar-refractivity contribution in [1.29, 1.82) is 0 Å². The van der Waals surface area contributed by atoms with E-state index in [1.54, 1.807) is 18.3 Å². The highest BCUT2D eigenvalue weighted by Crippen LogP contribution is 2.38. The molecular weight excluding hydrogens is 416 g/mol. The molecule has 1 amide bonds. The number of nitrogens with one attached hydrogen (secondary N) is 1. The SMILES string of the molecule is CCOC(=O)c1c(-c2cccs2)csc1NC(=O)c1c(C)c2ccccc2n1CC. The number of esters is 1. The average Bonchev–Trinajstić information content (AvgIpc) is 3.46. The Hall–Kier alpha value is -2.90. The second-order valence-corrected chi connectivity index (χ2v) is 8.57. The molecule has 1 N–H and O–H groups in total. The molecule has 0 aliphatic carbocycles. The van der Waals surface area contributed by atoms with Crippen LogP contribution >= 0.6 is 22.7 Å². The Morgan fingerprint density at radius 1 is 1.10 bits per heavy atom. The lowest BCUT2D eigenvalue weighted by Crippen LogP contribution is -2.19. The third kappa shape index (κ3) is 3.44. The van der Waals surface area contributed by atoms with Crippen molar-refractivity contribution in [2.45, 2.75) is 27.3 Å². The van der Waals surface area contributed by atoms with Crippen molar-refractivity contribution in [3.05, 3.63) is 64.0 Å². The van der Waals surface area contributed by atoms with Gasteiger partial charge in [-0.25, -0.2) is 4.79 Å². The number of hydrogen-bond donors (Lipinski definition) is 1. The molecular formula is C23H22N2O3S2. The molecule has 1 aromatic carbocycles. The van der Waals surface area contributed by atoms with Gasteiger partial charge in [0.1, 0.15) is 16.3 Å². The fraction of sp³-hybridized carbons (Fsp3) is 0.217. The number of nitrogens with zero attached hydrogens (tertiary/aromatic N) is 1. The quantitative estimate of drug-likeness (QED) is 0.365. The number of thiophene rings is 2. The van der Waals surface area contributed by atoms with E-state index in [-0.39, 0.29) is 12.5 Å².